The molecule has 4 aromatic rings. The Bertz CT molecular complexity index is 981. The lowest BCUT2D eigenvalue weighted by Gasteiger charge is -2.04. The zero-order chi connectivity index (χ0) is 17.1. The molecule has 0 aliphatic rings. The van der Waals surface area contributed by atoms with Crippen molar-refractivity contribution in [3.63, 3.8) is 0 Å². The lowest BCUT2D eigenvalue weighted by Crippen LogP contribution is -2.00. The molecule has 0 saturated carbocycles. The molecule has 0 aliphatic heterocycles. The third-order valence-corrected chi connectivity index (χ3v) is 3.64. The summed E-state index contributed by atoms with van der Waals surface area (Å²) >= 11 is 0. The molecule has 0 aliphatic carbocycles. The van der Waals surface area contributed by atoms with Crippen LogP contribution in [0.5, 0.6) is 0 Å². The van der Waals surface area contributed by atoms with E-state index in [2.05, 4.69) is 30.7 Å². The van der Waals surface area contributed by atoms with Gasteiger partial charge in [0.15, 0.2) is 0 Å². The van der Waals surface area contributed by atoms with Gasteiger partial charge in [0.2, 0.25) is 5.89 Å². The Balaban J connectivity index is 1.51. The second kappa shape index (κ2) is 6.52. The van der Waals surface area contributed by atoms with Crippen molar-refractivity contribution in [1.29, 1.82) is 0 Å². The maximum atomic E-state index is 14.0. The highest BCUT2D eigenvalue weighted by molar-refractivity contribution is 5.63. The molecule has 0 radical (unpaired) electrons. The molecular weight excluding hydrogens is 323 g/mol. The van der Waals surface area contributed by atoms with Crippen LogP contribution >= 0.6 is 0 Å². The van der Waals surface area contributed by atoms with E-state index in [1.54, 1.807) is 48.9 Å². The second-order valence-corrected chi connectivity index (χ2v) is 5.25. The largest absolute Gasteiger partial charge is 0.403 e. The number of aromatic nitrogens is 5. The van der Waals surface area contributed by atoms with Crippen LogP contribution in [0.15, 0.2) is 59.4 Å². The molecule has 3 aromatic heterocycles. The summed E-state index contributed by atoms with van der Waals surface area (Å²) in [7, 11) is 0. The third-order valence-electron chi connectivity index (χ3n) is 3.64. The predicted octanol–water partition coefficient (Wildman–Crippen LogP) is 3.27. The summed E-state index contributed by atoms with van der Waals surface area (Å²) in [5.74, 6) is 0.0807. The fraction of sp³-hybridized carbons (Fsp3) is 0.0588. The number of anilines is 1. The molecule has 0 unspecified atom stereocenters. The molecule has 3 heterocycles. The van der Waals surface area contributed by atoms with Gasteiger partial charge in [0, 0.05) is 35.6 Å². The first-order valence-corrected chi connectivity index (χ1v) is 7.56. The number of hydrogen-bond donors (Lipinski definition) is 2. The van der Waals surface area contributed by atoms with Crippen LogP contribution in [0.4, 0.5) is 10.4 Å². The topological polar surface area (TPSA) is 92.5 Å². The van der Waals surface area contributed by atoms with Crippen LogP contribution in [0, 0.1) is 5.82 Å². The molecule has 0 atom stereocenters. The Hall–Kier alpha value is -3.55. The van der Waals surface area contributed by atoms with E-state index in [0.29, 0.717) is 23.7 Å². The first kappa shape index (κ1) is 15.0. The molecule has 7 nitrogen and oxygen atoms in total. The minimum atomic E-state index is -0.314. The summed E-state index contributed by atoms with van der Waals surface area (Å²) in [6.07, 6.45) is 4.94. The Labute approximate surface area is 142 Å². The molecule has 1 aromatic carbocycles. The van der Waals surface area contributed by atoms with E-state index in [0.717, 1.165) is 11.1 Å². The van der Waals surface area contributed by atoms with Crippen LogP contribution in [-0.2, 0) is 6.54 Å². The summed E-state index contributed by atoms with van der Waals surface area (Å²) in [6.45, 7) is 0.359. The normalized spacial score (nSPS) is 10.8. The summed E-state index contributed by atoms with van der Waals surface area (Å²) in [5, 5.41) is 17.8. The highest BCUT2D eigenvalue weighted by atomic mass is 19.1. The number of hydrogen-bond acceptors (Lipinski definition) is 6. The summed E-state index contributed by atoms with van der Waals surface area (Å²) in [5.41, 5.74) is 2.64. The molecule has 0 amide bonds. The van der Waals surface area contributed by atoms with Gasteiger partial charge >= 0.3 is 6.01 Å². The maximum Gasteiger partial charge on any atom is 0.316 e. The fourth-order valence-electron chi connectivity index (χ4n) is 2.42. The highest BCUT2D eigenvalue weighted by Gasteiger charge is 2.13. The van der Waals surface area contributed by atoms with Crippen molar-refractivity contribution in [2.45, 2.75) is 6.54 Å². The van der Waals surface area contributed by atoms with Gasteiger partial charge < -0.3 is 9.73 Å². The van der Waals surface area contributed by atoms with E-state index in [1.165, 1.54) is 6.07 Å². The minimum Gasteiger partial charge on any atom is -0.403 e. The summed E-state index contributed by atoms with van der Waals surface area (Å²) < 4.78 is 19.5. The van der Waals surface area contributed by atoms with Crippen molar-refractivity contribution in [1.82, 2.24) is 25.4 Å². The monoisotopic (exact) mass is 336 g/mol. The quantitative estimate of drug-likeness (QED) is 0.581. The van der Waals surface area contributed by atoms with E-state index in [4.69, 9.17) is 4.42 Å². The number of nitrogens with zero attached hydrogens (tertiary/aromatic N) is 4. The van der Waals surface area contributed by atoms with Crippen molar-refractivity contribution < 1.29 is 8.81 Å². The first-order valence-electron chi connectivity index (χ1n) is 7.56. The number of H-pyrrole nitrogens is 1. The fourth-order valence-corrected chi connectivity index (χ4v) is 2.42. The van der Waals surface area contributed by atoms with Crippen LogP contribution in [0.1, 0.15) is 5.56 Å². The molecule has 124 valence electrons. The van der Waals surface area contributed by atoms with Crippen molar-refractivity contribution in [3.8, 4) is 22.7 Å². The van der Waals surface area contributed by atoms with Crippen LogP contribution in [0.2, 0.25) is 0 Å². The van der Waals surface area contributed by atoms with E-state index in [9.17, 15) is 4.39 Å². The van der Waals surface area contributed by atoms with Gasteiger partial charge in [-0.25, -0.2) is 4.39 Å². The lowest BCUT2D eigenvalue weighted by molar-refractivity contribution is 0.581. The van der Waals surface area contributed by atoms with Gasteiger partial charge in [0.05, 0.1) is 11.9 Å². The van der Waals surface area contributed by atoms with Crippen molar-refractivity contribution in [3.05, 3.63) is 66.4 Å². The Morgan fingerprint density at radius 2 is 1.92 bits per heavy atom. The van der Waals surface area contributed by atoms with Gasteiger partial charge in [0.1, 0.15) is 5.82 Å². The number of aromatic amines is 1. The SMILES string of the molecule is Fc1ccccc1-c1[nH]ncc1CNc1nnc(-c2ccncc2)o1. The molecule has 2 N–H and O–H groups in total. The van der Waals surface area contributed by atoms with E-state index < -0.39 is 0 Å². The van der Waals surface area contributed by atoms with Crippen LogP contribution < -0.4 is 5.32 Å². The van der Waals surface area contributed by atoms with E-state index in [-0.39, 0.29) is 11.8 Å². The predicted molar refractivity (Wildman–Crippen MR) is 88.8 cm³/mol. The summed E-state index contributed by atoms with van der Waals surface area (Å²) in [4.78, 5) is 3.95. The number of pyridine rings is 1. The van der Waals surface area contributed by atoms with Gasteiger partial charge in [-0.1, -0.05) is 17.2 Å². The Morgan fingerprint density at radius 1 is 1.08 bits per heavy atom. The van der Waals surface area contributed by atoms with Gasteiger partial charge in [-0.15, -0.1) is 5.10 Å². The molecule has 8 heteroatoms. The average molecular weight is 336 g/mol. The smallest absolute Gasteiger partial charge is 0.316 e. The molecule has 0 spiro atoms. The zero-order valence-corrected chi connectivity index (χ0v) is 13.0. The third kappa shape index (κ3) is 3.09. The Morgan fingerprint density at radius 3 is 2.76 bits per heavy atom. The lowest BCUT2D eigenvalue weighted by atomic mass is 10.1. The second-order valence-electron chi connectivity index (χ2n) is 5.25. The van der Waals surface area contributed by atoms with Crippen molar-refractivity contribution in [2.24, 2.45) is 0 Å². The zero-order valence-electron chi connectivity index (χ0n) is 13.0. The van der Waals surface area contributed by atoms with E-state index in [1.807, 2.05) is 0 Å². The van der Waals surface area contributed by atoms with Gasteiger partial charge in [-0.05, 0) is 24.3 Å². The summed E-state index contributed by atoms with van der Waals surface area (Å²) in [6, 6.07) is 10.4. The number of rotatable bonds is 5. The van der Waals surface area contributed by atoms with Gasteiger partial charge in [0.25, 0.3) is 0 Å². The number of halogens is 1. The van der Waals surface area contributed by atoms with Crippen LogP contribution in [-0.4, -0.2) is 25.4 Å². The van der Waals surface area contributed by atoms with E-state index >= 15 is 0 Å². The standard InChI is InChI=1S/C17H13FN6O/c18-14-4-2-1-3-13(14)15-12(10-21-22-15)9-20-17-24-23-16(25-17)11-5-7-19-8-6-11/h1-8,10H,9H2,(H,20,24)(H,21,22). The van der Waals surface area contributed by atoms with Crippen LogP contribution in [0.25, 0.3) is 22.7 Å². The number of nitrogens with one attached hydrogen (secondary N) is 2. The Kier molecular flexibility index (Phi) is 3.91. The van der Waals surface area contributed by atoms with Gasteiger partial charge in [-0.2, -0.15) is 5.10 Å². The molecular formula is C17H13FN6O. The van der Waals surface area contributed by atoms with Crippen molar-refractivity contribution in [2.75, 3.05) is 5.32 Å². The first-order chi connectivity index (χ1) is 12.3. The van der Waals surface area contributed by atoms with Crippen LogP contribution in [0.3, 0.4) is 0 Å². The molecule has 0 bridgehead atoms. The van der Waals surface area contributed by atoms with Crippen molar-refractivity contribution >= 4 is 6.01 Å². The maximum absolute atomic E-state index is 14.0. The van der Waals surface area contributed by atoms with Gasteiger partial charge in [-0.3, -0.25) is 10.1 Å². The highest BCUT2D eigenvalue weighted by Crippen LogP contribution is 2.25. The number of benzene rings is 1. The molecule has 0 saturated heterocycles. The molecule has 4 rings (SSSR count). The molecule has 25 heavy (non-hydrogen) atoms. The average Bonchev–Trinajstić information content (AvgIpc) is 3.30. The minimum absolute atomic E-state index is 0.271. The molecule has 0 fully saturated rings.